The number of furan rings is 1. The standard InChI is InChI=1S/C24H22N4O/c1-2-8-19(9-3-1)22-15-23(25-16-21-11-6-14-29-21)27-24(26-22)28-13-12-18-7-4-5-10-20(18)17-28/h1-11,14-15H,12-13,16-17H2,(H,25,26,27). The Hall–Kier alpha value is -3.60. The van der Waals surface area contributed by atoms with Crippen LogP contribution >= 0.6 is 0 Å². The van der Waals surface area contributed by atoms with Crippen LogP contribution in [0.3, 0.4) is 0 Å². The lowest BCUT2D eigenvalue weighted by Crippen LogP contribution is -2.32. The maximum atomic E-state index is 5.44. The predicted molar refractivity (Wildman–Crippen MR) is 115 cm³/mol. The minimum absolute atomic E-state index is 0.584. The van der Waals surface area contributed by atoms with Gasteiger partial charge in [-0.3, -0.25) is 0 Å². The third-order valence-electron chi connectivity index (χ3n) is 5.22. The molecule has 0 unspecified atom stereocenters. The van der Waals surface area contributed by atoms with E-state index >= 15 is 0 Å². The van der Waals surface area contributed by atoms with Crippen molar-refractivity contribution in [2.24, 2.45) is 0 Å². The third-order valence-corrected chi connectivity index (χ3v) is 5.22. The van der Waals surface area contributed by atoms with Gasteiger partial charge in [0.05, 0.1) is 18.5 Å². The molecule has 1 aliphatic heterocycles. The number of hydrogen-bond acceptors (Lipinski definition) is 5. The van der Waals surface area contributed by atoms with Crippen molar-refractivity contribution in [3.8, 4) is 11.3 Å². The molecule has 1 aliphatic rings. The zero-order chi connectivity index (χ0) is 19.5. The molecule has 2 aromatic carbocycles. The van der Waals surface area contributed by atoms with Crippen molar-refractivity contribution in [3.05, 3.63) is 95.9 Å². The Bertz CT molecular complexity index is 1090. The molecule has 29 heavy (non-hydrogen) atoms. The van der Waals surface area contributed by atoms with Crippen LogP contribution in [-0.4, -0.2) is 16.5 Å². The van der Waals surface area contributed by atoms with E-state index in [9.17, 15) is 0 Å². The van der Waals surface area contributed by atoms with Crippen molar-refractivity contribution in [2.45, 2.75) is 19.5 Å². The molecule has 0 amide bonds. The van der Waals surface area contributed by atoms with Crippen LogP contribution in [-0.2, 0) is 19.5 Å². The second-order valence-electron chi connectivity index (χ2n) is 7.18. The predicted octanol–water partition coefficient (Wildman–Crippen LogP) is 4.91. The van der Waals surface area contributed by atoms with E-state index in [2.05, 4.69) is 46.6 Å². The molecule has 1 N–H and O–H groups in total. The molecule has 3 heterocycles. The summed E-state index contributed by atoms with van der Waals surface area (Å²) in [6.45, 7) is 2.32. The van der Waals surface area contributed by atoms with Gasteiger partial charge in [0.25, 0.3) is 0 Å². The largest absolute Gasteiger partial charge is 0.467 e. The van der Waals surface area contributed by atoms with Gasteiger partial charge in [0.2, 0.25) is 5.95 Å². The van der Waals surface area contributed by atoms with Crippen LogP contribution in [0.5, 0.6) is 0 Å². The Labute approximate surface area is 170 Å². The number of anilines is 2. The number of hydrogen-bond donors (Lipinski definition) is 1. The fourth-order valence-electron chi connectivity index (χ4n) is 3.68. The van der Waals surface area contributed by atoms with E-state index < -0.39 is 0 Å². The fourth-order valence-corrected chi connectivity index (χ4v) is 3.68. The van der Waals surface area contributed by atoms with Crippen molar-refractivity contribution in [3.63, 3.8) is 0 Å². The third kappa shape index (κ3) is 3.85. The van der Waals surface area contributed by atoms with Gasteiger partial charge in [-0.15, -0.1) is 0 Å². The highest BCUT2D eigenvalue weighted by atomic mass is 16.3. The molecule has 0 radical (unpaired) electrons. The summed E-state index contributed by atoms with van der Waals surface area (Å²) in [5.41, 5.74) is 4.75. The van der Waals surface area contributed by atoms with Gasteiger partial charge in [-0.25, -0.2) is 4.98 Å². The molecule has 0 aliphatic carbocycles. The Morgan fingerprint density at radius 3 is 2.55 bits per heavy atom. The molecular weight excluding hydrogens is 360 g/mol. The van der Waals surface area contributed by atoms with Crippen molar-refractivity contribution in [1.82, 2.24) is 9.97 Å². The summed E-state index contributed by atoms with van der Waals surface area (Å²) in [4.78, 5) is 12.0. The van der Waals surface area contributed by atoms with E-state index in [1.54, 1.807) is 6.26 Å². The summed E-state index contributed by atoms with van der Waals surface area (Å²) in [7, 11) is 0. The quantitative estimate of drug-likeness (QED) is 0.531. The molecule has 0 saturated carbocycles. The SMILES string of the molecule is c1ccc(-c2cc(NCc3ccco3)nc(N3CCc4ccccc4C3)n2)cc1. The Kier molecular flexibility index (Phi) is 4.70. The van der Waals surface area contributed by atoms with E-state index in [0.29, 0.717) is 6.54 Å². The number of fused-ring (bicyclic) bond motifs is 1. The van der Waals surface area contributed by atoms with Crippen LogP contribution in [0.2, 0.25) is 0 Å². The fraction of sp³-hybridized carbons (Fsp3) is 0.167. The average Bonchev–Trinajstić information content (AvgIpc) is 3.31. The van der Waals surface area contributed by atoms with Crippen molar-refractivity contribution < 1.29 is 4.42 Å². The van der Waals surface area contributed by atoms with Crippen LogP contribution in [0.25, 0.3) is 11.3 Å². The first kappa shape index (κ1) is 17.5. The molecule has 5 rings (SSSR count). The maximum absolute atomic E-state index is 5.44. The van der Waals surface area contributed by atoms with Gasteiger partial charge in [0, 0.05) is 24.7 Å². The molecule has 0 spiro atoms. The van der Waals surface area contributed by atoms with Crippen molar-refractivity contribution in [1.29, 1.82) is 0 Å². The Morgan fingerprint density at radius 1 is 0.897 bits per heavy atom. The highest BCUT2D eigenvalue weighted by Crippen LogP contribution is 2.27. The smallest absolute Gasteiger partial charge is 0.228 e. The Balaban J connectivity index is 1.48. The summed E-state index contributed by atoms with van der Waals surface area (Å²) in [6.07, 6.45) is 2.69. The summed E-state index contributed by atoms with van der Waals surface area (Å²) < 4.78 is 5.44. The molecule has 0 saturated heterocycles. The summed E-state index contributed by atoms with van der Waals surface area (Å²) in [5, 5.41) is 3.38. The lowest BCUT2D eigenvalue weighted by atomic mass is 10.0. The molecule has 0 bridgehead atoms. The van der Waals surface area contributed by atoms with Gasteiger partial charge in [0.15, 0.2) is 0 Å². The number of rotatable bonds is 5. The second-order valence-corrected chi connectivity index (χ2v) is 7.18. The summed E-state index contributed by atoms with van der Waals surface area (Å²) in [6, 6.07) is 24.7. The highest BCUT2D eigenvalue weighted by Gasteiger charge is 2.19. The first-order chi connectivity index (χ1) is 14.3. The Morgan fingerprint density at radius 2 is 1.72 bits per heavy atom. The lowest BCUT2D eigenvalue weighted by Gasteiger charge is -2.29. The topological polar surface area (TPSA) is 54.2 Å². The summed E-state index contributed by atoms with van der Waals surface area (Å²) in [5.74, 6) is 2.42. The van der Waals surface area contributed by atoms with Gasteiger partial charge in [-0.05, 0) is 29.7 Å². The molecule has 5 nitrogen and oxygen atoms in total. The zero-order valence-electron chi connectivity index (χ0n) is 16.1. The monoisotopic (exact) mass is 382 g/mol. The van der Waals surface area contributed by atoms with Gasteiger partial charge in [0.1, 0.15) is 11.6 Å². The van der Waals surface area contributed by atoms with Crippen LogP contribution < -0.4 is 10.2 Å². The minimum Gasteiger partial charge on any atom is -0.467 e. The van der Waals surface area contributed by atoms with Crippen LogP contribution in [0.15, 0.2) is 83.5 Å². The lowest BCUT2D eigenvalue weighted by molar-refractivity contribution is 0.518. The number of aromatic nitrogens is 2. The van der Waals surface area contributed by atoms with E-state index in [1.165, 1.54) is 11.1 Å². The van der Waals surface area contributed by atoms with E-state index in [-0.39, 0.29) is 0 Å². The number of benzene rings is 2. The normalized spacial score (nSPS) is 13.2. The molecule has 144 valence electrons. The molecular formula is C24H22N4O. The van der Waals surface area contributed by atoms with Crippen LogP contribution in [0.4, 0.5) is 11.8 Å². The average molecular weight is 382 g/mol. The van der Waals surface area contributed by atoms with Gasteiger partial charge in [-0.2, -0.15) is 4.98 Å². The summed E-state index contributed by atoms with van der Waals surface area (Å²) >= 11 is 0. The molecule has 4 aromatic rings. The van der Waals surface area contributed by atoms with E-state index in [4.69, 9.17) is 14.4 Å². The van der Waals surface area contributed by atoms with Crippen LogP contribution in [0, 0.1) is 0 Å². The molecule has 0 fully saturated rings. The number of nitrogens with one attached hydrogen (secondary N) is 1. The van der Waals surface area contributed by atoms with Gasteiger partial charge < -0.3 is 14.6 Å². The van der Waals surface area contributed by atoms with Crippen LogP contribution in [0.1, 0.15) is 16.9 Å². The molecule has 0 atom stereocenters. The highest BCUT2D eigenvalue weighted by molar-refractivity contribution is 5.64. The van der Waals surface area contributed by atoms with Crippen molar-refractivity contribution in [2.75, 3.05) is 16.8 Å². The zero-order valence-corrected chi connectivity index (χ0v) is 16.1. The first-order valence-corrected chi connectivity index (χ1v) is 9.88. The van der Waals surface area contributed by atoms with E-state index in [1.807, 2.05) is 36.4 Å². The number of nitrogens with zero attached hydrogens (tertiary/aromatic N) is 3. The second kappa shape index (κ2) is 7.80. The van der Waals surface area contributed by atoms with E-state index in [0.717, 1.165) is 48.3 Å². The molecule has 5 heteroatoms. The first-order valence-electron chi connectivity index (χ1n) is 9.88. The maximum Gasteiger partial charge on any atom is 0.228 e. The van der Waals surface area contributed by atoms with Gasteiger partial charge >= 0.3 is 0 Å². The van der Waals surface area contributed by atoms with Gasteiger partial charge in [-0.1, -0.05) is 54.6 Å². The van der Waals surface area contributed by atoms with Crippen molar-refractivity contribution >= 4 is 11.8 Å². The molecule has 2 aromatic heterocycles. The minimum atomic E-state index is 0.584.